The van der Waals surface area contributed by atoms with Crippen LogP contribution in [0.25, 0.3) is 17.1 Å². The summed E-state index contributed by atoms with van der Waals surface area (Å²) in [4.78, 5) is 0. The Morgan fingerprint density at radius 1 is 1.00 bits per heavy atom. The third kappa shape index (κ3) is 2.37. The molecule has 0 radical (unpaired) electrons. The van der Waals surface area contributed by atoms with Gasteiger partial charge in [0.1, 0.15) is 6.61 Å². The second-order valence-electron chi connectivity index (χ2n) is 4.28. The Balaban J connectivity index is 2.20. The fraction of sp³-hybridized carbons (Fsp3) is 0.0667. The van der Waals surface area contributed by atoms with E-state index in [2.05, 4.69) is 26.1 Å². The van der Waals surface area contributed by atoms with Gasteiger partial charge in [0.25, 0.3) is 0 Å². The number of halogens is 1. The summed E-state index contributed by atoms with van der Waals surface area (Å²) in [6.45, 7) is -0.157. The van der Waals surface area contributed by atoms with Crippen LogP contribution in [0.1, 0.15) is 5.82 Å². The lowest BCUT2D eigenvalue weighted by Gasteiger charge is -2.09. The van der Waals surface area contributed by atoms with E-state index in [0.29, 0.717) is 11.6 Å². The van der Waals surface area contributed by atoms with E-state index < -0.39 is 0 Å². The Bertz CT molecular complexity index is 725. The molecule has 2 aromatic carbocycles. The highest BCUT2D eigenvalue weighted by Crippen LogP contribution is 2.25. The van der Waals surface area contributed by atoms with Crippen LogP contribution in [0.2, 0.25) is 0 Å². The molecule has 0 bridgehead atoms. The van der Waals surface area contributed by atoms with E-state index >= 15 is 0 Å². The maximum atomic E-state index is 9.46. The first-order valence-electron chi connectivity index (χ1n) is 6.16. The molecule has 0 saturated heterocycles. The van der Waals surface area contributed by atoms with Crippen LogP contribution < -0.4 is 0 Å². The molecule has 1 aromatic heterocycles. The molecule has 0 saturated carbocycles. The summed E-state index contributed by atoms with van der Waals surface area (Å²) in [6, 6.07) is 17.6. The SMILES string of the molecule is OCc1nnc(-c2cccc(Br)c2)n1-c1ccccc1. The molecule has 20 heavy (non-hydrogen) atoms. The number of rotatable bonds is 3. The first-order chi connectivity index (χ1) is 9.79. The van der Waals surface area contributed by atoms with Crippen LogP contribution in [-0.2, 0) is 6.61 Å². The van der Waals surface area contributed by atoms with Gasteiger partial charge in [-0.05, 0) is 24.3 Å². The largest absolute Gasteiger partial charge is 0.388 e. The van der Waals surface area contributed by atoms with Crippen molar-refractivity contribution in [2.45, 2.75) is 6.61 Å². The van der Waals surface area contributed by atoms with Gasteiger partial charge in [-0.25, -0.2) is 0 Å². The van der Waals surface area contributed by atoms with Crippen LogP contribution in [0.4, 0.5) is 0 Å². The third-order valence-electron chi connectivity index (χ3n) is 2.97. The minimum absolute atomic E-state index is 0.157. The van der Waals surface area contributed by atoms with Crippen LogP contribution >= 0.6 is 15.9 Å². The van der Waals surface area contributed by atoms with Crippen LogP contribution in [0.5, 0.6) is 0 Å². The quantitative estimate of drug-likeness (QED) is 0.802. The molecule has 4 nitrogen and oxygen atoms in total. The average Bonchev–Trinajstić information content (AvgIpc) is 2.92. The second-order valence-corrected chi connectivity index (χ2v) is 5.19. The van der Waals surface area contributed by atoms with Gasteiger partial charge >= 0.3 is 0 Å². The number of benzene rings is 2. The van der Waals surface area contributed by atoms with Gasteiger partial charge in [0.15, 0.2) is 11.6 Å². The van der Waals surface area contributed by atoms with Gasteiger partial charge in [0.2, 0.25) is 0 Å². The molecule has 100 valence electrons. The number of hydrogen-bond acceptors (Lipinski definition) is 3. The van der Waals surface area contributed by atoms with Gasteiger partial charge < -0.3 is 5.11 Å². The van der Waals surface area contributed by atoms with Gasteiger partial charge in [-0.3, -0.25) is 4.57 Å². The van der Waals surface area contributed by atoms with Crippen LogP contribution in [0, 0.1) is 0 Å². The lowest BCUT2D eigenvalue weighted by atomic mass is 10.2. The van der Waals surface area contributed by atoms with Crippen LogP contribution in [0.15, 0.2) is 59.1 Å². The molecule has 1 N–H and O–H groups in total. The highest BCUT2D eigenvalue weighted by molar-refractivity contribution is 9.10. The summed E-state index contributed by atoms with van der Waals surface area (Å²) in [7, 11) is 0. The van der Waals surface area contributed by atoms with E-state index in [9.17, 15) is 5.11 Å². The molecular weight excluding hydrogens is 318 g/mol. The highest BCUT2D eigenvalue weighted by atomic mass is 79.9. The van der Waals surface area contributed by atoms with E-state index in [0.717, 1.165) is 15.7 Å². The summed E-state index contributed by atoms with van der Waals surface area (Å²) in [5.74, 6) is 1.23. The Hall–Kier alpha value is -1.98. The summed E-state index contributed by atoms with van der Waals surface area (Å²) >= 11 is 3.46. The summed E-state index contributed by atoms with van der Waals surface area (Å²) in [5, 5.41) is 17.7. The van der Waals surface area contributed by atoms with Crippen molar-refractivity contribution in [2.75, 3.05) is 0 Å². The van der Waals surface area contributed by atoms with E-state index in [4.69, 9.17) is 0 Å². The van der Waals surface area contributed by atoms with E-state index in [1.807, 2.05) is 59.2 Å². The maximum Gasteiger partial charge on any atom is 0.168 e. The van der Waals surface area contributed by atoms with Crippen molar-refractivity contribution in [1.29, 1.82) is 0 Å². The molecular formula is C15H12BrN3O. The van der Waals surface area contributed by atoms with Gasteiger partial charge in [0, 0.05) is 15.7 Å². The fourth-order valence-electron chi connectivity index (χ4n) is 2.08. The van der Waals surface area contributed by atoms with Crippen molar-refractivity contribution >= 4 is 15.9 Å². The Morgan fingerprint density at radius 3 is 2.50 bits per heavy atom. The van der Waals surface area contributed by atoms with Crippen LogP contribution in [-0.4, -0.2) is 19.9 Å². The summed E-state index contributed by atoms with van der Waals surface area (Å²) in [6.07, 6.45) is 0. The fourth-order valence-corrected chi connectivity index (χ4v) is 2.48. The molecule has 0 atom stereocenters. The van der Waals surface area contributed by atoms with E-state index in [-0.39, 0.29) is 6.61 Å². The number of para-hydroxylation sites is 1. The Labute approximate surface area is 124 Å². The zero-order chi connectivity index (χ0) is 13.9. The van der Waals surface area contributed by atoms with E-state index in [1.54, 1.807) is 0 Å². The normalized spacial score (nSPS) is 10.7. The molecule has 0 aliphatic heterocycles. The van der Waals surface area contributed by atoms with Crippen molar-refractivity contribution in [2.24, 2.45) is 0 Å². The third-order valence-corrected chi connectivity index (χ3v) is 3.46. The number of aliphatic hydroxyl groups excluding tert-OH is 1. The molecule has 0 spiro atoms. The lowest BCUT2D eigenvalue weighted by molar-refractivity contribution is 0.269. The van der Waals surface area contributed by atoms with Crippen molar-refractivity contribution < 1.29 is 5.11 Å². The number of nitrogens with zero attached hydrogens (tertiary/aromatic N) is 3. The average molecular weight is 330 g/mol. The second kappa shape index (κ2) is 5.56. The van der Waals surface area contributed by atoms with Crippen molar-refractivity contribution in [1.82, 2.24) is 14.8 Å². The number of aromatic nitrogens is 3. The smallest absolute Gasteiger partial charge is 0.168 e. The minimum atomic E-state index is -0.157. The topological polar surface area (TPSA) is 50.9 Å². The first kappa shape index (κ1) is 13.0. The molecule has 0 fully saturated rings. The zero-order valence-electron chi connectivity index (χ0n) is 10.6. The minimum Gasteiger partial charge on any atom is -0.388 e. The molecule has 3 rings (SSSR count). The van der Waals surface area contributed by atoms with Gasteiger partial charge in [-0.15, -0.1) is 10.2 Å². The summed E-state index contributed by atoms with van der Waals surface area (Å²) < 4.78 is 2.84. The molecule has 5 heteroatoms. The Kier molecular flexibility index (Phi) is 3.62. The highest BCUT2D eigenvalue weighted by Gasteiger charge is 2.14. The van der Waals surface area contributed by atoms with Crippen LogP contribution in [0.3, 0.4) is 0 Å². The van der Waals surface area contributed by atoms with Crippen molar-refractivity contribution in [3.8, 4) is 17.1 Å². The molecule has 0 aliphatic carbocycles. The van der Waals surface area contributed by atoms with Gasteiger partial charge in [-0.2, -0.15) is 0 Å². The molecule has 3 aromatic rings. The first-order valence-corrected chi connectivity index (χ1v) is 6.95. The predicted octanol–water partition coefficient (Wildman–Crippen LogP) is 3.19. The molecule has 0 aliphatic rings. The zero-order valence-corrected chi connectivity index (χ0v) is 12.2. The van der Waals surface area contributed by atoms with Gasteiger partial charge in [0.05, 0.1) is 0 Å². The number of aliphatic hydroxyl groups is 1. The molecule has 1 heterocycles. The molecule has 0 amide bonds. The monoisotopic (exact) mass is 329 g/mol. The van der Waals surface area contributed by atoms with Crippen molar-refractivity contribution in [3.05, 3.63) is 64.9 Å². The van der Waals surface area contributed by atoms with Gasteiger partial charge in [-0.1, -0.05) is 46.3 Å². The maximum absolute atomic E-state index is 9.46. The number of hydrogen-bond donors (Lipinski definition) is 1. The standard InChI is InChI=1S/C15H12BrN3O/c16-12-6-4-5-11(9-12)15-18-17-14(10-20)19(15)13-7-2-1-3-8-13/h1-9,20H,10H2. The molecule has 0 unspecified atom stereocenters. The van der Waals surface area contributed by atoms with Crippen molar-refractivity contribution in [3.63, 3.8) is 0 Å². The predicted molar refractivity (Wildman–Crippen MR) is 80.4 cm³/mol. The van der Waals surface area contributed by atoms with E-state index in [1.165, 1.54) is 0 Å². The Morgan fingerprint density at radius 2 is 1.80 bits per heavy atom. The lowest BCUT2D eigenvalue weighted by Crippen LogP contribution is -2.02. The summed E-state index contributed by atoms with van der Waals surface area (Å²) in [5.41, 5.74) is 1.87.